The van der Waals surface area contributed by atoms with Gasteiger partial charge < -0.3 is 4.90 Å². The second-order valence-corrected chi connectivity index (χ2v) is 5.94. The van der Waals surface area contributed by atoms with Gasteiger partial charge in [-0.25, -0.2) is 0 Å². The third kappa shape index (κ3) is 2.94. The lowest BCUT2D eigenvalue weighted by Crippen LogP contribution is -3.10. The number of nitrogens with one attached hydrogen (secondary N) is 1. The molecule has 2 aromatic carbocycles. The Morgan fingerprint density at radius 2 is 1.74 bits per heavy atom. The summed E-state index contributed by atoms with van der Waals surface area (Å²) >= 11 is 12.0. The van der Waals surface area contributed by atoms with Crippen molar-refractivity contribution >= 4 is 23.2 Å². The van der Waals surface area contributed by atoms with Crippen molar-refractivity contribution in [3.63, 3.8) is 0 Å². The third-order valence-corrected chi connectivity index (χ3v) is 4.48. The van der Waals surface area contributed by atoms with Crippen LogP contribution in [-0.4, -0.2) is 6.54 Å². The van der Waals surface area contributed by atoms with Gasteiger partial charge in [-0.15, -0.1) is 0 Å². The molecule has 1 nitrogen and oxygen atoms in total. The van der Waals surface area contributed by atoms with Crippen LogP contribution in [0.25, 0.3) is 0 Å². The van der Waals surface area contributed by atoms with E-state index in [4.69, 9.17) is 23.2 Å². The van der Waals surface area contributed by atoms with Gasteiger partial charge in [-0.2, -0.15) is 0 Å². The standard InChI is InChI=1S/C16H15Cl2N/c17-15-6-5-12(9-16(15)18)10-19-8-7-13-3-1-2-4-14(13)11-19/h1-6,9H,7-8,10-11H2/p+1. The number of rotatable bonds is 2. The molecule has 0 aromatic heterocycles. The lowest BCUT2D eigenvalue weighted by molar-refractivity contribution is -0.929. The number of hydrogen-bond donors (Lipinski definition) is 1. The van der Waals surface area contributed by atoms with Crippen LogP contribution in [0.4, 0.5) is 0 Å². The molecule has 3 heteroatoms. The Balaban J connectivity index is 1.73. The van der Waals surface area contributed by atoms with Gasteiger partial charge in [-0.05, 0) is 17.7 Å². The Bertz CT molecular complexity index is 595. The van der Waals surface area contributed by atoms with E-state index in [-0.39, 0.29) is 0 Å². The van der Waals surface area contributed by atoms with E-state index in [0.717, 1.165) is 19.5 Å². The summed E-state index contributed by atoms with van der Waals surface area (Å²) in [6.07, 6.45) is 1.16. The minimum atomic E-state index is 0.629. The summed E-state index contributed by atoms with van der Waals surface area (Å²) in [4.78, 5) is 1.58. The zero-order chi connectivity index (χ0) is 13.2. The van der Waals surface area contributed by atoms with Crippen molar-refractivity contribution in [3.05, 3.63) is 69.2 Å². The normalized spacial score (nSPS) is 18.1. The molecule has 0 fully saturated rings. The van der Waals surface area contributed by atoms with E-state index in [1.165, 1.54) is 23.2 Å². The minimum Gasteiger partial charge on any atom is -0.327 e. The molecular formula is C16H16Cl2N+. The van der Waals surface area contributed by atoms with Gasteiger partial charge >= 0.3 is 0 Å². The van der Waals surface area contributed by atoms with E-state index in [0.29, 0.717) is 10.0 Å². The molecule has 0 bridgehead atoms. The highest BCUT2D eigenvalue weighted by molar-refractivity contribution is 6.42. The van der Waals surface area contributed by atoms with Gasteiger partial charge in [0.2, 0.25) is 0 Å². The summed E-state index contributed by atoms with van der Waals surface area (Å²) in [6.45, 7) is 3.28. The molecule has 0 saturated heterocycles. The Morgan fingerprint density at radius 1 is 0.947 bits per heavy atom. The minimum absolute atomic E-state index is 0.629. The van der Waals surface area contributed by atoms with Crippen LogP contribution in [0.5, 0.6) is 0 Å². The average Bonchev–Trinajstić information content (AvgIpc) is 2.43. The Hall–Kier alpha value is -1.02. The zero-order valence-corrected chi connectivity index (χ0v) is 12.1. The zero-order valence-electron chi connectivity index (χ0n) is 10.6. The van der Waals surface area contributed by atoms with Crippen LogP contribution in [0.2, 0.25) is 10.0 Å². The van der Waals surface area contributed by atoms with Crippen molar-refractivity contribution in [2.24, 2.45) is 0 Å². The number of halogens is 2. The predicted molar refractivity (Wildman–Crippen MR) is 79.8 cm³/mol. The van der Waals surface area contributed by atoms with Gasteiger partial charge in [-0.1, -0.05) is 53.5 Å². The Morgan fingerprint density at radius 3 is 2.53 bits per heavy atom. The molecule has 0 aliphatic carbocycles. The summed E-state index contributed by atoms with van der Waals surface area (Å²) < 4.78 is 0. The molecule has 1 N–H and O–H groups in total. The topological polar surface area (TPSA) is 4.44 Å². The van der Waals surface area contributed by atoms with Crippen molar-refractivity contribution in [1.82, 2.24) is 0 Å². The van der Waals surface area contributed by atoms with Gasteiger partial charge in [0.15, 0.2) is 0 Å². The van der Waals surface area contributed by atoms with Gasteiger partial charge in [0.1, 0.15) is 13.1 Å². The van der Waals surface area contributed by atoms with Crippen LogP contribution in [0.3, 0.4) is 0 Å². The maximum Gasteiger partial charge on any atom is 0.103 e. The summed E-state index contributed by atoms with van der Waals surface area (Å²) in [5.74, 6) is 0. The van der Waals surface area contributed by atoms with E-state index in [1.807, 2.05) is 12.1 Å². The first kappa shape index (κ1) is 13.0. The highest BCUT2D eigenvalue weighted by Crippen LogP contribution is 2.22. The van der Waals surface area contributed by atoms with Crippen molar-refractivity contribution < 1.29 is 4.90 Å². The number of benzene rings is 2. The van der Waals surface area contributed by atoms with Gasteiger partial charge in [0, 0.05) is 17.5 Å². The maximum atomic E-state index is 6.07. The average molecular weight is 293 g/mol. The first-order valence-electron chi connectivity index (χ1n) is 6.56. The maximum absolute atomic E-state index is 6.07. The second kappa shape index (κ2) is 5.54. The highest BCUT2D eigenvalue weighted by Gasteiger charge is 2.19. The molecule has 0 spiro atoms. The molecule has 0 saturated carbocycles. The molecule has 19 heavy (non-hydrogen) atoms. The lowest BCUT2D eigenvalue weighted by atomic mass is 9.99. The quantitative estimate of drug-likeness (QED) is 0.867. The summed E-state index contributed by atoms with van der Waals surface area (Å²) in [7, 11) is 0. The van der Waals surface area contributed by atoms with E-state index < -0.39 is 0 Å². The number of hydrogen-bond acceptors (Lipinski definition) is 0. The van der Waals surface area contributed by atoms with Crippen LogP contribution in [0.1, 0.15) is 16.7 Å². The van der Waals surface area contributed by atoms with E-state index in [1.54, 1.807) is 4.90 Å². The van der Waals surface area contributed by atoms with Crippen molar-refractivity contribution in [3.8, 4) is 0 Å². The molecule has 3 rings (SSSR count). The molecule has 0 radical (unpaired) electrons. The molecule has 1 aliphatic rings. The third-order valence-electron chi connectivity index (χ3n) is 3.74. The first-order valence-corrected chi connectivity index (χ1v) is 7.32. The van der Waals surface area contributed by atoms with E-state index in [2.05, 4.69) is 30.3 Å². The fourth-order valence-corrected chi connectivity index (χ4v) is 3.05. The summed E-state index contributed by atoms with van der Waals surface area (Å²) in [6, 6.07) is 14.7. The van der Waals surface area contributed by atoms with E-state index >= 15 is 0 Å². The summed E-state index contributed by atoms with van der Waals surface area (Å²) in [5.41, 5.74) is 4.23. The van der Waals surface area contributed by atoms with Crippen LogP contribution in [0, 0.1) is 0 Å². The Labute approximate surface area is 123 Å². The van der Waals surface area contributed by atoms with Crippen molar-refractivity contribution in [2.75, 3.05) is 6.54 Å². The van der Waals surface area contributed by atoms with Gasteiger partial charge in [-0.3, -0.25) is 0 Å². The van der Waals surface area contributed by atoms with Crippen molar-refractivity contribution in [2.45, 2.75) is 19.5 Å². The fraction of sp³-hybridized carbons (Fsp3) is 0.250. The second-order valence-electron chi connectivity index (χ2n) is 5.12. The molecule has 0 amide bonds. The van der Waals surface area contributed by atoms with Crippen molar-refractivity contribution in [1.29, 1.82) is 0 Å². The SMILES string of the molecule is Clc1ccc(C[NH+]2CCc3ccccc3C2)cc1Cl. The van der Waals surface area contributed by atoms with E-state index in [9.17, 15) is 0 Å². The molecule has 1 heterocycles. The molecular weight excluding hydrogens is 277 g/mol. The smallest absolute Gasteiger partial charge is 0.103 e. The van der Waals surface area contributed by atoms with Gasteiger partial charge in [0.25, 0.3) is 0 Å². The fourth-order valence-electron chi connectivity index (χ4n) is 2.73. The molecule has 98 valence electrons. The highest BCUT2D eigenvalue weighted by atomic mass is 35.5. The van der Waals surface area contributed by atoms with Gasteiger partial charge in [0.05, 0.1) is 16.6 Å². The van der Waals surface area contributed by atoms with Crippen LogP contribution < -0.4 is 4.90 Å². The summed E-state index contributed by atoms with van der Waals surface area (Å²) in [5, 5.41) is 1.28. The molecule has 1 aliphatic heterocycles. The molecule has 1 atom stereocenters. The van der Waals surface area contributed by atoms with Crippen LogP contribution in [0.15, 0.2) is 42.5 Å². The number of fused-ring (bicyclic) bond motifs is 1. The van der Waals surface area contributed by atoms with Crippen LogP contribution in [-0.2, 0) is 19.5 Å². The largest absolute Gasteiger partial charge is 0.327 e. The molecule has 2 aromatic rings. The van der Waals surface area contributed by atoms with Crippen LogP contribution >= 0.6 is 23.2 Å². The Kier molecular flexibility index (Phi) is 3.79. The monoisotopic (exact) mass is 292 g/mol. The first-order chi connectivity index (χ1) is 9.22. The predicted octanol–water partition coefficient (Wildman–Crippen LogP) is 3.13. The molecule has 1 unspecified atom stereocenters. The lowest BCUT2D eigenvalue weighted by Gasteiger charge is -2.26. The number of quaternary nitrogens is 1.